The van der Waals surface area contributed by atoms with E-state index in [1.807, 2.05) is 24.4 Å². The molecule has 1 aromatic heterocycles. The van der Waals surface area contributed by atoms with Gasteiger partial charge in [0.1, 0.15) is 17.3 Å². The van der Waals surface area contributed by atoms with Gasteiger partial charge in [-0.1, -0.05) is 18.2 Å². The number of fused-ring (bicyclic) bond motifs is 1. The Labute approximate surface area is 196 Å². The van der Waals surface area contributed by atoms with Crippen LogP contribution in [0.2, 0.25) is 0 Å². The number of amides is 1. The molecule has 0 saturated heterocycles. The molecule has 1 heterocycles. The third-order valence-electron chi connectivity index (χ3n) is 5.28. The third-order valence-corrected chi connectivity index (χ3v) is 5.28. The fraction of sp³-hybridized carbons (Fsp3) is 0.154. The summed E-state index contributed by atoms with van der Waals surface area (Å²) in [4.78, 5) is 20.6. The molecule has 3 N–H and O–H groups in total. The van der Waals surface area contributed by atoms with Crippen LogP contribution in [0.1, 0.15) is 15.9 Å². The summed E-state index contributed by atoms with van der Waals surface area (Å²) in [6.07, 6.45) is 2.64. The van der Waals surface area contributed by atoms with Crippen LogP contribution in [-0.4, -0.2) is 37.6 Å². The molecule has 3 aromatic carbocycles. The van der Waals surface area contributed by atoms with Gasteiger partial charge in [0.2, 0.25) is 5.96 Å². The molecule has 0 radical (unpaired) electrons. The largest absolute Gasteiger partial charge is 0.497 e. The molecule has 0 aliphatic rings. The van der Waals surface area contributed by atoms with E-state index in [1.54, 1.807) is 32.4 Å². The Kier molecular flexibility index (Phi) is 7.07. The summed E-state index contributed by atoms with van der Waals surface area (Å²) in [7, 11) is 3.12. The molecule has 0 aliphatic carbocycles. The van der Waals surface area contributed by atoms with E-state index >= 15 is 0 Å². The Bertz CT molecular complexity index is 1290. The van der Waals surface area contributed by atoms with Gasteiger partial charge in [0, 0.05) is 53.1 Å². The number of aliphatic imine (C=N–C) groups is 1. The van der Waals surface area contributed by atoms with Crippen molar-refractivity contribution in [1.82, 2.24) is 10.3 Å². The number of para-hydroxylation sites is 1. The van der Waals surface area contributed by atoms with Crippen molar-refractivity contribution in [3.8, 4) is 11.5 Å². The minimum atomic E-state index is -0.411. The first kappa shape index (κ1) is 22.8. The minimum Gasteiger partial charge on any atom is -0.497 e. The number of hydrogen-bond acceptors (Lipinski definition) is 4. The summed E-state index contributed by atoms with van der Waals surface area (Å²) in [6.45, 7) is 0.426. The predicted molar refractivity (Wildman–Crippen MR) is 131 cm³/mol. The zero-order valence-corrected chi connectivity index (χ0v) is 18.9. The number of benzene rings is 3. The van der Waals surface area contributed by atoms with Crippen LogP contribution in [0.25, 0.3) is 10.9 Å². The van der Waals surface area contributed by atoms with Crippen LogP contribution in [-0.2, 0) is 6.42 Å². The Morgan fingerprint density at radius 2 is 1.71 bits per heavy atom. The van der Waals surface area contributed by atoms with Crippen LogP contribution in [0.4, 0.5) is 10.1 Å². The lowest BCUT2D eigenvalue weighted by Gasteiger charge is -2.14. The van der Waals surface area contributed by atoms with Crippen LogP contribution in [0, 0.1) is 5.82 Å². The lowest BCUT2D eigenvalue weighted by atomic mass is 10.1. The number of nitrogens with zero attached hydrogens (tertiary/aromatic N) is 1. The van der Waals surface area contributed by atoms with E-state index in [0.717, 1.165) is 16.5 Å². The number of hydrogen-bond donors (Lipinski definition) is 3. The molecule has 4 aromatic rings. The molecule has 0 aliphatic heterocycles. The van der Waals surface area contributed by atoms with E-state index in [4.69, 9.17) is 9.47 Å². The fourth-order valence-electron chi connectivity index (χ4n) is 3.53. The summed E-state index contributed by atoms with van der Waals surface area (Å²) in [6, 6.07) is 18.7. The average Bonchev–Trinajstić information content (AvgIpc) is 3.27. The summed E-state index contributed by atoms with van der Waals surface area (Å²) in [5.74, 6) is 0.609. The molecule has 0 fully saturated rings. The molecule has 0 atom stereocenters. The van der Waals surface area contributed by atoms with Crippen molar-refractivity contribution in [2.24, 2.45) is 4.99 Å². The lowest BCUT2D eigenvalue weighted by Crippen LogP contribution is -2.36. The minimum absolute atomic E-state index is 0.254. The maximum atomic E-state index is 13.3. The van der Waals surface area contributed by atoms with Gasteiger partial charge < -0.3 is 19.8 Å². The van der Waals surface area contributed by atoms with Crippen molar-refractivity contribution in [1.29, 1.82) is 0 Å². The number of anilines is 1. The van der Waals surface area contributed by atoms with Crippen LogP contribution in [0.15, 0.2) is 77.9 Å². The number of ether oxygens (including phenoxy) is 2. The van der Waals surface area contributed by atoms with Crippen molar-refractivity contribution < 1.29 is 18.7 Å². The number of methoxy groups -OCH3 is 2. The van der Waals surface area contributed by atoms with Gasteiger partial charge in [-0.25, -0.2) is 4.39 Å². The van der Waals surface area contributed by atoms with Crippen molar-refractivity contribution in [2.45, 2.75) is 6.42 Å². The topological polar surface area (TPSA) is 87.7 Å². The summed E-state index contributed by atoms with van der Waals surface area (Å²) < 4.78 is 23.9. The second kappa shape index (κ2) is 10.5. The van der Waals surface area contributed by atoms with E-state index in [1.165, 1.54) is 24.3 Å². The molecule has 8 heteroatoms. The van der Waals surface area contributed by atoms with Gasteiger partial charge in [-0.3, -0.25) is 15.1 Å². The first-order valence-electron chi connectivity index (χ1n) is 10.7. The quantitative estimate of drug-likeness (QED) is 0.274. The zero-order valence-electron chi connectivity index (χ0n) is 18.9. The average molecular weight is 461 g/mol. The van der Waals surface area contributed by atoms with E-state index in [0.29, 0.717) is 35.7 Å². The first-order valence-corrected chi connectivity index (χ1v) is 10.7. The van der Waals surface area contributed by atoms with Gasteiger partial charge >= 0.3 is 0 Å². The summed E-state index contributed by atoms with van der Waals surface area (Å²) in [5.41, 5.74) is 3.14. The number of nitrogens with one attached hydrogen (secondary N) is 3. The molecule has 1 amide bonds. The molecular weight excluding hydrogens is 435 g/mol. The normalized spacial score (nSPS) is 11.3. The molecule has 4 rings (SSSR count). The lowest BCUT2D eigenvalue weighted by molar-refractivity contribution is 0.0977. The Hall–Kier alpha value is -4.33. The van der Waals surface area contributed by atoms with E-state index in [2.05, 4.69) is 26.7 Å². The van der Waals surface area contributed by atoms with Crippen LogP contribution >= 0.6 is 0 Å². The molecule has 34 heavy (non-hydrogen) atoms. The fourth-order valence-corrected chi connectivity index (χ4v) is 3.53. The molecule has 0 unspecified atom stereocenters. The highest BCUT2D eigenvalue weighted by atomic mass is 19.1. The summed E-state index contributed by atoms with van der Waals surface area (Å²) >= 11 is 0. The van der Waals surface area contributed by atoms with Crippen molar-refractivity contribution >= 4 is 28.5 Å². The van der Waals surface area contributed by atoms with Gasteiger partial charge in [-0.05, 0) is 42.3 Å². The molecule has 0 spiro atoms. The van der Waals surface area contributed by atoms with Gasteiger partial charge in [0.15, 0.2) is 0 Å². The van der Waals surface area contributed by atoms with Gasteiger partial charge in [0.05, 0.1) is 14.2 Å². The smallest absolute Gasteiger partial charge is 0.257 e. The van der Waals surface area contributed by atoms with Crippen molar-refractivity contribution in [2.75, 3.05) is 26.1 Å². The van der Waals surface area contributed by atoms with E-state index < -0.39 is 11.7 Å². The van der Waals surface area contributed by atoms with Crippen LogP contribution in [0.5, 0.6) is 11.5 Å². The Balaban J connectivity index is 1.56. The number of aromatic nitrogens is 1. The molecular formula is C26H25FN4O3. The molecule has 0 bridgehead atoms. The molecule has 0 saturated carbocycles. The second-order valence-electron chi connectivity index (χ2n) is 7.53. The van der Waals surface area contributed by atoms with E-state index in [-0.39, 0.29) is 5.96 Å². The number of carbonyl (C=O) groups excluding carboxylic acids is 1. The maximum absolute atomic E-state index is 13.3. The SMILES string of the molecule is COc1cc(NC(=NCCc2c[nH]c3ccccc23)NC(=O)c2ccc(F)cc2)cc(OC)c1. The van der Waals surface area contributed by atoms with E-state index in [9.17, 15) is 9.18 Å². The monoisotopic (exact) mass is 460 g/mol. The number of halogens is 1. The van der Waals surface area contributed by atoms with Crippen LogP contribution in [0.3, 0.4) is 0 Å². The predicted octanol–water partition coefficient (Wildman–Crippen LogP) is 4.76. The summed E-state index contributed by atoms with van der Waals surface area (Å²) in [5, 5.41) is 7.05. The highest BCUT2D eigenvalue weighted by Gasteiger charge is 2.11. The highest BCUT2D eigenvalue weighted by molar-refractivity contribution is 6.10. The standard InChI is InChI=1S/C26H25FN4O3/c1-33-21-13-20(14-22(15-21)34-2)30-26(31-25(32)17-7-9-19(27)10-8-17)28-12-11-18-16-29-24-6-4-3-5-23(18)24/h3-10,13-16,29H,11-12H2,1-2H3,(H2,28,30,31,32). The van der Waals surface area contributed by atoms with Crippen molar-refractivity contribution in [3.63, 3.8) is 0 Å². The second-order valence-corrected chi connectivity index (χ2v) is 7.53. The number of rotatable bonds is 7. The number of guanidine groups is 1. The van der Waals surface area contributed by atoms with Gasteiger partial charge in [0.25, 0.3) is 5.91 Å². The zero-order chi connectivity index (χ0) is 23.9. The number of carbonyl (C=O) groups is 1. The maximum Gasteiger partial charge on any atom is 0.257 e. The molecule has 7 nitrogen and oxygen atoms in total. The first-order chi connectivity index (χ1) is 16.6. The van der Waals surface area contributed by atoms with Gasteiger partial charge in [-0.2, -0.15) is 0 Å². The number of H-pyrrole nitrogens is 1. The molecule has 174 valence electrons. The third kappa shape index (κ3) is 5.53. The Morgan fingerprint density at radius 1 is 1.00 bits per heavy atom. The highest BCUT2D eigenvalue weighted by Crippen LogP contribution is 2.25. The number of aromatic amines is 1. The van der Waals surface area contributed by atoms with Crippen LogP contribution < -0.4 is 20.1 Å². The van der Waals surface area contributed by atoms with Gasteiger partial charge in [-0.15, -0.1) is 0 Å². The Morgan fingerprint density at radius 3 is 2.41 bits per heavy atom. The van der Waals surface area contributed by atoms with Crippen molar-refractivity contribution in [3.05, 3.63) is 89.9 Å².